The van der Waals surface area contributed by atoms with E-state index in [2.05, 4.69) is 144 Å². The Hall–Kier alpha value is -6.10. The van der Waals surface area contributed by atoms with Gasteiger partial charge in [0.05, 0.1) is 22.3 Å². The third-order valence-electron chi connectivity index (χ3n) is 27.9. The number of unbranched alkanes of at least 4 members (excludes halogenated alkanes) is 30. The van der Waals surface area contributed by atoms with Gasteiger partial charge < -0.3 is 16.5 Å². The molecule has 16 nitrogen and oxygen atoms in total. The summed E-state index contributed by atoms with van der Waals surface area (Å²) in [7, 11) is -12.9. The molecule has 8 aromatic rings. The van der Waals surface area contributed by atoms with Crippen molar-refractivity contribution in [2.75, 3.05) is 26.2 Å². The van der Waals surface area contributed by atoms with E-state index in [-0.39, 0.29) is 66.5 Å². The van der Waals surface area contributed by atoms with Crippen LogP contribution in [0.4, 0.5) is 0 Å². The van der Waals surface area contributed by atoms with Crippen LogP contribution in [-0.2, 0) is 16.5 Å². The molecule has 0 saturated carbocycles. The van der Waals surface area contributed by atoms with Gasteiger partial charge in [-0.15, -0.1) is 45.3 Å². The van der Waals surface area contributed by atoms with Crippen molar-refractivity contribution < 1.29 is 54.8 Å². The summed E-state index contributed by atoms with van der Waals surface area (Å²) in [4.78, 5) is 142. The zero-order chi connectivity index (χ0) is 99.6. The van der Waals surface area contributed by atoms with Gasteiger partial charge in [-0.3, -0.25) is 58.0 Å². The molecule has 4 aliphatic rings. The number of nitrogens with zero attached hydrogens (tertiary/aromatic N) is 4. The average molecular weight is 2060 g/mol. The van der Waals surface area contributed by atoms with Crippen LogP contribution in [0.15, 0.2) is 72.8 Å². The fourth-order valence-corrected chi connectivity index (χ4v) is 51.3. The lowest BCUT2D eigenvalue weighted by Crippen LogP contribution is -2.52. The van der Waals surface area contributed by atoms with E-state index in [1.165, 1.54) is 145 Å². The first-order valence-corrected chi connectivity index (χ1v) is 75.6. The summed E-state index contributed by atoms with van der Waals surface area (Å²) in [6, 6.07) is 25.5. The maximum Gasteiger partial charge on any atom is 0.314 e. The highest BCUT2D eigenvalue weighted by Gasteiger charge is 2.48. The zero-order valence-corrected chi connectivity index (χ0v) is 97.2. The van der Waals surface area contributed by atoms with E-state index in [9.17, 15) is 0 Å². The van der Waals surface area contributed by atoms with Crippen molar-refractivity contribution >= 4 is 165 Å². The molecule has 0 N–H and O–H groups in total. The van der Waals surface area contributed by atoms with Gasteiger partial charge in [-0.05, 0) is 246 Å². The number of imide groups is 4. The molecular weight excluding hydrogens is 1890 g/mol. The smallest absolute Gasteiger partial charge is 0.314 e. The lowest BCUT2D eigenvalue weighted by Gasteiger charge is -2.38. The highest BCUT2D eigenvalue weighted by atomic mass is 32.1. The Labute approximate surface area is 850 Å². The van der Waals surface area contributed by atoms with Gasteiger partial charge in [0.1, 0.15) is 0 Å². The van der Waals surface area contributed by atoms with E-state index < -0.39 is 85.8 Å². The monoisotopic (exact) mass is 2060 g/mol. The van der Waals surface area contributed by atoms with Gasteiger partial charge in [-0.1, -0.05) is 246 Å². The molecule has 0 spiro atoms. The molecule has 4 aliphatic heterocycles. The molecule has 4 aromatic carbocycles. The van der Waals surface area contributed by atoms with Gasteiger partial charge >= 0.3 is 17.1 Å². The fraction of sp³-hybridized carbons (Fsp3) is 0.607. The molecule has 8 amide bonds. The second kappa shape index (κ2) is 50.1. The first kappa shape index (κ1) is 111. The van der Waals surface area contributed by atoms with Crippen molar-refractivity contribution in [3.63, 3.8) is 0 Å². The molecule has 0 radical (unpaired) electrons. The topological polar surface area (TPSA) is 186 Å². The Morgan fingerprint density at radius 3 is 0.790 bits per heavy atom. The molecule has 138 heavy (non-hydrogen) atoms. The number of hydrogen-bond donors (Lipinski definition) is 0. The van der Waals surface area contributed by atoms with Crippen molar-refractivity contribution in [3.05, 3.63) is 128 Å². The van der Waals surface area contributed by atoms with Crippen LogP contribution in [0.3, 0.4) is 0 Å². The minimum atomic E-state index is -2.54. The van der Waals surface area contributed by atoms with Crippen molar-refractivity contribution in [1.82, 2.24) is 19.6 Å². The van der Waals surface area contributed by atoms with E-state index >= 15 is 38.4 Å². The fourth-order valence-electron chi connectivity index (χ4n) is 22.0. The van der Waals surface area contributed by atoms with Crippen molar-refractivity contribution in [2.24, 2.45) is 11.8 Å². The van der Waals surface area contributed by atoms with Gasteiger partial charge in [0.2, 0.25) is 0 Å². The summed E-state index contributed by atoms with van der Waals surface area (Å²) >= 11 is 6.18. The Kier molecular flexibility index (Phi) is 40.2. The summed E-state index contributed by atoms with van der Waals surface area (Å²) < 4.78 is 27.7. The number of amides is 8. The highest BCUT2D eigenvalue weighted by Crippen LogP contribution is 2.53. The Balaban J connectivity index is 0.958. The zero-order valence-electron chi connectivity index (χ0n) is 87.9. The minimum Gasteiger partial charge on any atom is -0.437 e. The molecule has 0 bridgehead atoms. The molecule has 8 heterocycles. The van der Waals surface area contributed by atoms with Crippen molar-refractivity contribution in [2.45, 2.75) is 402 Å². The largest absolute Gasteiger partial charge is 0.437 e. The third-order valence-corrected chi connectivity index (χ3v) is 51.9. The Morgan fingerprint density at radius 2 is 0.493 bits per heavy atom. The molecule has 2 unspecified atom stereocenters. The van der Waals surface area contributed by atoms with Crippen LogP contribution in [0.25, 0.3) is 72.4 Å². The summed E-state index contributed by atoms with van der Waals surface area (Å²) in [6.45, 7) is 45.0. The lowest BCUT2D eigenvalue weighted by molar-refractivity contribution is 0.0556. The molecule has 4 aromatic heterocycles. The van der Waals surface area contributed by atoms with Gasteiger partial charge in [-0.2, -0.15) is 0 Å². The Bertz CT molecular complexity index is 5530. The van der Waals surface area contributed by atoms with Gasteiger partial charge in [0.15, 0.2) is 33.3 Å². The van der Waals surface area contributed by atoms with Crippen LogP contribution >= 0.6 is 45.3 Å². The molecule has 26 heteroatoms. The van der Waals surface area contributed by atoms with Crippen LogP contribution in [0.2, 0.25) is 104 Å². The van der Waals surface area contributed by atoms with E-state index in [1.807, 2.05) is 61.5 Å². The number of aryl methyl sites for hydroxylation is 2. The Morgan fingerprint density at radius 1 is 0.254 bits per heavy atom. The van der Waals surface area contributed by atoms with Crippen LogP contribution in [-0.4, -0.2) is 143 Å². The molecular formula is C112H166N4O12S4Si6. The van der Waals surface area contributed by atoms with Crippen LogP contribution < -0.4 is 0 Å². The molecule has 2 atom stereocenters. The summed E-state index contributed by atoms with van der Waals surface area (Å²) in [5, 5.41) is 1.41. The maximum atomic E-state index is 16.5. The minimum absolute atomic E-state index is 0.0766. The summed E-state index contributed by atoms with van der Waals surface area (Å²) in [5.41, 5.74) is 4.68. The van der Waals surface area contributed by atoms with Gasteiger partial charge in [0, 0.05) is 126 Å². The van der Waals surface area contributed by atoms with E-state index in [0.717, 1.165) is 183 Å². The predicted molar refractivity (Wildman–Crippen MR) is 596 cm³/mol. The number of thiophene rings is 4. The molecule has 0 saturated heterocycles. The average Bonchev–Trinajstić information content (AvgIpc) is 0.722. The summed E-state index contributed by atoms with van der Waals surface area (Å²) in [6.07, 6.45) is 42.3. The number of carbonyl (C=O) groups excluding carboxylic acids is 8. The standard InChI is InChI=1S/C112H166N4O12S4Si6/c1-21-25-29-33-37-39-43-51-59-81(57-49-41-35-31-27-23-3)77-115-108(120)87-74-85(104-99-86(73-79(5)97(98(87)99)109(115)121)107(119)116(112(104)124)78-82(58-50-42-36-32-28-24-4)60-52-44-40-38-34-30-26-22-2)92-65-68-96(132-92)95-67-64-91(131-95)84-76-89-100-101-88(105(117)114(111(123)103(84)101)70-54-46-48-56-72-138(20,127-135(13,14)15)128-136(16,17)18)75-83(90-63-66-94(130-90)93-62-61-80(6)129-93)102(100)110(122)113(106(89)118)69-53-45-47-55-71-137(19,125-133(7,8)9)126-134(10,11)12/h61-68,73-76,81-82H,21-60,69-72,77-78H2,1-20H3. The second-order valence-electron chi connectivity index (χ2n) is 44.8. The first-order valence-electron chi connectivity index (χ1n) is 53.6. The van der Waals surface area contributed by atoms with Crippen molar-refractivity contribution in [1.29, 1.82) is 0 Å². The van der Waals surface area contributed by atoms with Crippen LogP contribution in [0, 0.1) is 25.7 Å². The van der Waals surface area contributed by atoms with Gasteiger partial charge in [-0.25, -0.2) is 0 Å². The van der Waals surface area contributed by atoms with Gasteiger partial charge in [0.25, 0.3) is 47.3 Å². The number of rotatable bonds is 63. The normalized spacial score (nSPS) is 15.0. The molecule has 0 fully saturated rings. The van der Waals surface area contributed by atoms with E-state index in [4.69, 9.17) is 16.5 Å². The van der Waals surface area contributed by atoms with Crippen molar-refractivity contribution in [3.8, 4) is 50.8 Å². The molecule has 754 valence electrons. The first-order chi connectivity index (χ1) is 65.7. The summed E-state index contributed by atoms with van der Waals surface area (Å²) in [5.74, 6) is -3.25. The third kappa shape index (κ3) is 28.8. The maximum absolute atomic E-state index is 16.5. The van der Waals surface area contributed by atoms with Crippen LogP contribution in [0.5, 0.6) is 0 Å². The number of carbonyl (C=O) groups is 8. The highest BCUT2D eigenvalue weighted by molar-refractivity contribution is 7.25. The SMILES string of the molecule is CCCCCCCCCCC(CCCCCCCC)CN1C(=O)c2cc(-c3ccc(-c4ccc(-c5cc6c7c(c(-c8ccc(-c9ccc(C)s9)s8)cc8c7c5C(=O)N(CCCCCC[Si](C)(O[Si](C)(C)C)O[Si](C)(C)C)C8=O)C(=O)N(CCCCCC[Si](C)(O[Si](C)(C)C)O[Si](C)(C)C)C6=O)s4)s3)c3c4c(cc(C)c(c24)C1=O)C(=O)N(CC(CCCCCCCC)CCCCCCCCCC)C3=O. The predicted octanol–water partition coefficient (Wildman–Crippen LogP) is 34.0. The lowest BCUT2D eigenvalue weighted by atomic mass is 9.80. The van der Waals surface area contributed by atoms with E-state index in [1.54, 1.807) is 22.7 Å². The molecule has 0 aliphatic carbocycles. The van der Waals surface area contributed by atoms with Crippen LogP contribution in [0.1, 0.15) is 378 Å². The van der Waals surface area contributed by atoms with E-state index in [0.29, 0.717) is 94.2 Å². The molecule has 12 rings (SSSR count). The number of hydrogen-bond acceptors (Lipinski definition) is 16. The number of benzene rings is 4. The second-order valence-corrected chi connectivity index (χ2v) is 75.1. The quantitative estimate of drug-likeness (QED) is 0.0200.